The zero-order valence-corrected chi connectivity index (χ0v) is 20.2. The van der Waals surface area contributed by atoms with E-state index < -0.39 is 0 Å². The highest BCUT2D eigenvalue weighted by Crippen LogP contribution is 2.26. The van der Waals surface area contributed by atoms with E-state index in [0.717, 1.165) is 56.4 Å². The molecule has 5 nitrogen and oxygen atoms in total. The molecule has 5 heteroatoms. The molecule has 174 valence electrons. The average molecular weight is 445 g/mol. The smallest absolute Gasteiger partial charge is 0.136 e. The molecule has 1 fully saturated rings. The second-order valence-corrected chi connectivity index (χ2v) is 9.17. The Morgan fingerprint density at radius 2 is 1.58 bits per heavy atom. The molecule has 1 N–H and O–H groups in total. The maximum absolute atomic E-state index is 10.6. The zero-order chi connectivity index (χ0) is 23.2. The van der Waals surface area contributed by atoms with Crippen LogP contribution in [-0.4, -0.2) is 58.8 Å². The molecule has 3 aromatic rings. The van der Waals surface area contributed by atoms with Crippen LogP contribution in [0.5, 0.6) is 0 Å². The Labute approximate surface area is 198 Å². The molecule has 0 unspecified atom stereocenters. The van der Waals surface area contributed by atoms with Gasteiger partial charge in [0.15, 0.2) is 0 Å². The number of aryl methyl sites for hydroxylation is 3. The summed E-state index contributed by atoms with van der Waals surface area (Å²) in [6.45, 7) is 10.7. The van der Waals surface area contributed by atoms with Gasteiger partial charge in [-0.15, -0.1) is 0 Å². The maximum Gasteiger partial charge on any atom is 0.136 e. The van der Waals surface area contributed by atoms with E-state index in [-0.39, 0.29) is 6.10 Å². The summed E-state index contributed by atoms with van der Waals surface area (Å²) < 4.78 is 0. The van der Waals surface area contributed by atoms with Gasteiger partial charge in [-0.05, 0) is 37.8 Å². The molecule has 2 heterocycles. The van der Waals surface area contributed by atoms with Crippen LogP contribution in [0.3, 0.4) is 0 Å². The molecule has 33 heavy (non-hydrogen) atoms. The summed E-state index contributed by atoms with van der Waals surface area (Å²) in [5.41, 5.74) is 6.17. The number of β-amino-alcohol motifs (C(OH)–C–C–N with tert-alkyl or cyclic N) is 1. The molecular formula is C28H36N4O. The lowest BCUT2D eigenvalue weighted by atomic mass is 10.0. The van der Waals surface area contributed by atoms with Gasteiger partial charge in [-0.3, -0.25) is 4.90 Å². The standard InChI is InChI=1S/C28H36N4O/c1-4-27-26(19-24-12-10-21(2)11-13-24)28(30-22(3)29-27)32-16-14-31(15-17-32)20-25(33)18-23-8-6-5-7-9-23/h5-13,25,33H,4,14-20H2,1-3H3/t25-/m0/s1. The quantitative estimate of drug-likeness (QED) is 0.570. The van der Waals surface area contributed by atoms with Gasteiger partial charge in [0.25, 0.3) is 0 Å². The van der Waals surface area contributed by atoms with Crippen LogP contribution in [0.1, 0.15) is 40.7 Å². The van der Waals surface area contributed by atoms with Crippen molar-refractivity contribution in [3.05, 3.63) is 88.4 Å². The minimum atomic E-state index is -0.343. The van der Waals surface area contributed by atoms with Gasteiger partial charge >= 0.3 is 0 Å². The van der Waals surface area contributed by atoms with Gasteiger partial charge in [0.1, 0.15) is 11.6 Å². The Kier molecular flexibility index (Phi) is 7.73. The van der Waals surface area contributed by atoms with Crippen LogP contribution in [0.4, 0.5) is 5.82 Å². The first-order valence-corrected chi connectivity index (χ1v) is 12.1. The fourth-order valence-corrected chi connectivity index (χ4v) is 4.67. The Bertz CT molecular complexity index is 1030. The lowest BCUT2D eigenvalue weighted by Crippen LogP contribution is -2.49. The van der Waals surface area contributed by atoms with Crippen LogP contribution in [0, 0.1) is 13.8 Å². The van der Waals surface area contributed by atoms with Crippen LogP contribution in [-0.2, 0) is 19.3 Å². The topological polar surface area (TPSA) is 52.5 Å². The van der Waals surface area contributed by atoms with Crippen molar-refractivity contribution in [1.82, 2.24) is 14.9 Å². The number of aliphatic hydroxyl groups excluding tert-OH is 1. The van der Waals surface area contributed by atoms with Crippen LogP contribution in [0.25, 0.3) is 0 Å². The molecule has 1 atom stereocenters. The third kappa shape index (κ3) is 6.18. The number of nitrogens with zero attached hydrogens (tertiary/aromatic N) is 4. The number of piperazine rings is 1. The minimum absolute atomic E-state index is 0.343. The molecule has 2 aromatic carbocycles. The van der Waals surface area contributed by atoms with Crippen LogP contribution >= 0.6 is 0 Å². The summed E-state index contributed by atoms with van der Waals surface area (Å²) in [7, 11) is 0. The molecule has 4 rings (SSSR count). The van der Waals surface area contributed by atoms with Gasteiger partial charge in [0.2, 0.25) is 0 Å². The van der Waals surface area contributed by atoms with E-state index in [1.165, 1.54) is 22.3 Å². The lowest BCUT2D eigenvalue weighted by Gasteiger charge is -2.37. The van der Waals surface area contributed by atoms with Crippen molar-refractivity contribution in [3.63, 3.8) is 0 Å². The highest BCUT2D eigenvalue weighted by molar-refractivity contribution is 5.52. The Hall–Kier alpha value is -2.76. The van der Waals surface area contributed by atoms with Crippen molar-refractivity contribution in [1.29, 1.82) is 0 Å². The lowest BCUT2D eigenvalue weighted by molar-refractivity contribution is 0.109. The van der Waals surface area contributed by atoms with E-state index >= 15 is 0 Å². The molecule has 1 saturated heterocycles. The van der Waals surface area contributed by atoms with E-state index in [4.69, 9.17) is 9.97 Å². The number of aliphatic hydroxyl groups is 1. The summed E-state index contributed by atoms with van der Waals surface area (Å²) in [5, 5.41) is 10.6. The largest absolute Gasteiger partial charge is 0.391 e. The van der Waals surface area contributed by atoms with Crippen molar-refractivity contribution in [2.75, 3.05) is 37.6 Å². The molecular weight excluding hydrogens is 408 g/mol. The predicted molar refractivity (Wildman–Crippen MR) is 135 cm³/mol. The molecule has 0 bridgehead atoms. The summed E-state index contributed by atoms with van der Waals surface area (Å²) in [6.07, 6.45) is 2.12. The fourth-order valence-electron chi connectivity index (χ4n) is 4.67. The van der Waals surface area contributed by atoms with Gasteiger partial charge in [0, 0.05) is 50.4 Å². The third-order valence-electron chi connectivity index (χ3n) is 6.47. The Morgan fingerprint density at radius 3 is 2.24 bits per heavy atom. The molecule has 0 radical (unpaired) electrons. The number of benzene rings is 2. The average Bonchev–Trinajstić information content (AvgIpc) is 2.82. The number of aromatic nitrogens is 2. The van der Waals surface area contributed by atoms with Crippen LogP contribution < -0.4 is 4.90 Å². The molecule has 1 aliphatic rings. The summed E-state index contributed by atoms with van der Waals surface area (Å²) in [4.78, 5) is 14.5. The number of hydrogen-bond donors (Lipinski definition) is 1. The second kappa shape index (κ2) is 10.9. The molecule has 0 saturated carbocycles. The molecule has 0 aliphatic carbocycles. The fraction of sp³-hybridized carbons (Fsp3) is 0.429. The van der Waals surface area contributed by atoms with Crippen molar-refractivity contribution in [2.45, 2.75) is 46.1 Å². The van der Waals surface area contributed by atoms with Gasteiger partial charge in [-0.2, -0.15) is 0 Å². The van der Waals surface area contributed by atoms with Gasteiger partial charge < -0.3 is 10.0 Å². The first-order valence-electron chi connectivity index (χ1n) is 12.1. The van der Waals surface area contributed by atoms with Gasteiger partial charge in [0.05, 0.1) is 6.10 Å². The predicted octanol–water partition coefficient (Wildman–Crippen LogP) is 3.97. The Morgan fingerprint density at radius 1 is 0.879 bits per heavy atom. The first-order chi connectivity index (χ1) is 16.0. The second-order valence-electron chi connectivity index (χ2n) is 9.17. The van der Waals surface area contributed by atoms with E-state index in [1.807, 2.05) is 25.1 Å². The number of anilines is 1. The monoisotopic (exact) mass is 444 g/mol. The van der Waals surface area contributed by atoms with Crippen LogP contribution in [0.15, 0.2) is 54.6 Å². The molecule has 1 aromatic heterocycles. The summed E-state index contributed by atoms with van der Waals surface area (Å²) in [6, 6.07) is 19.0. The third-order valence-corrected chi connectivity index (χ3v) is 6.47. The highest BCUT2D eigenvalue weighted by Gasteiger charge is 2.24. The minimum Gasteiger partial charge on any atom is -0.391 e. The van der Waals surface area contributed by atoms with Crippen LogP contribution in [0.2, 0.25) is 0 Å². The van der Waals surface area contributed by atoms with E-state index in [9.17, 15) is 5.11 Å². The van der Waals surface area contributed by atoms with E-state index in [0.29, 0.717) is 13.0 Å². The molecule has 1 aliphatic heterocycles. The molecule has 0 amide bonds. The van der Waals surface area contributed by atoms with Crippen molar-refractivity contribution >= 4 is 5.82 Å². The Balaban J connectivity index is 1.43. The van der Waals surface area contributed by atoms with Gasteiger partial charge in [-0.25, -0.2) is 9.97 Å². The SMILES string of the molecule is CCc1nc(C)nc(N2CCN(C[C@@H](O)Cc3ccccc3)CC2)c1Cc1ccc(C)cc1. The highest BCUT2D eigenvalue weighted by atomic mass is 16.3. The zero-order valence-electron chi connectivity index (χ0n) is 20.2. The van der Waals surface area contributed by atoms with Crippen molar-refractivity contribution in [2.24, 2.45) is 0 Å². The van der Waals surface area contributed by atoms with E-state index in [2.05, 4.69) is 60.0 Å². The molecule has 0 spiro atoms. The van der Waals surface area contributed by atoms with Gasteiger partial charge in [-0.1, -0.05) is 67.1 Å². The summed E-state index contributed by atoms with van der Waals surface area (Å²) in [5.74, 6) is 1.93. The van der Waals surface area contributed by atoms with Crippen molar-refractivity contribution < 1.29 is 5.11 Å². The van der Waals surface area contributed by atoms with E-state index in [1.54, 1.807) is 0 Å². The maximum atomic E-state index is 10.6. The normalized spacial score (nSPS) is 15.6. The number of rotatable bonds is 8. The summed E-state index contributed by atoms with van der Waals surface area (Å²) >= 11 is 0. The first kappa shape index (κ1) is 23.4. The number of hydrogen-bond acceptors (Lipinski definition) is 5. The van der Waals surface area contributed by atoms with Crippen molar-refractivity contribution in [3.8, 4) is 0 Å².